The molecule has 0 radical (unpaired) electrons. The van der Waals surface area contributed by atoms with Crippen LogP contribution in [0.3, 0.4) is 0 Å². The number of rotatable bonds is 4. The molecule has 0 bridgehead atoms. The van der Waals surface area contributed by atoms with E-state index in [1.54, 1.807) is 0 Å². The Kier molecular flexibility index (Phi) is 4.85. The first-order chi connectivity index (χ1) is 8.45. The van der Waals surface area contributed by atoms with Gasteiger partial charge in [-0.2, -0.15) is 0 Å². The number of aromatic carboxylic acids is 1. The SMILES string of the molecule is C=CCOC(=O)Nc1cc(F)cc(Br)c1C(=O)O. The van der Waals surface area contributed by atoms with E-state index < -0.39 is 17.9 Å². The number of halogens is 2. The molecule has 0 spiro atoms. The average molecular weight is 318 g/mol. The van der Waals surface area contributed by atoms with Gasteiger partial charge in [0.05, 0.1) is 11.3 Å². The molecule has 0 atom stereocenters. The van der Waals surface area contributed by atoms with Crippen LogP contribution in [0.5, 0.6) is 0 Å². The van der Waals surface area contributed by atoms with Crippen molar-refractivity contribution in [2.75, 3.05) is 11.9 Å². The lowest BCUT2D eigenvalue weighted by Crippen LogP contribution is -2.16. The molecule has 0 heterocycles. The number of carboxylic acids is 1. The average Bonchev–Trinajstić information content (AvgIpc) is 2.24. The van der Waals surface area contributed by atoms with Gasteiger partial charge < -0.3 is 9.84 Å². The standard InChI is InChI=1S/C11H9BrFNO4/c1-2-3-18-11(17)14-8-5-6(13)4-7(12)9(8)10(15)16/h2,4-5H,1,3H2,(H,14,17)(H,15,16). The summed E-state index contributed by atoms with van der Waals surface area (Å²) >= 11 is 2.91. The molecule has 0 unspecified atom stereocenters. The Labute approximate surface area is 110 Å². The van der Waals surface area contributed by atoms with Gasteiger partial charge in [-0.3, -0.25) is 5.32 Å². The van der Waals surface area contributed by atoms with Crippen LogP contribution in [0.4, 0.5) is 14.9 Å². The summed E-state index contributed by atoms with van der Waals surface area (Å²) in [6.07, 6.45) is 0.453. The molecule has 0 saturated carbocycles. The van der Waals surface area contributed by atoms with Crippen LogP contribution in [0.25, 0.3) is 0 Å². The highest BCUT2D eigenvalue weighted by Crippen LogP contribution is 2.26. The van der Waals surface area contributed by atoms with Crippen LogP contribution in [-0.2, 0) is 4.74 Å². The highest BCUT2D eigenvalue weighted by atomic mass is 79.9. The first kappa shape index (κ1) is 14.2. The molecule has 1 amide bonds. The van der Waals surface area contributed by atoms with E-state index in [0.717, 1.165) is 12.1 Å². The summed E-state index contributed by atoms with van der Waals surface area (Å²) in [6, 6.07) is 1.88. The van der Waals surface area contributed by atoms with Gasteiger partial charge in [0.1, 0.15) is 12.4 Å². The zero-order valence-electron chi connectivity index (χ0n) is 9.07. The molecule has 0 fully saturated rings. The highest BCUT2D eigenvalue weighted by Gasteiger charge is 2.18. The van der Waals surface area contributed by atoms with E-state index in [0.29, 0.717) is 0 Å². The number of anilines is 1. The van der Waals surface area contributed by atoms with Crippen molar-refractivity contribution in [2.45, 2.75) is 0 Å². The fraction of sp³-hybridized carbons (Fsp3) is 0.0909. The monoisotopic (exact) mass is 317 g/mol. The number of amides is 1. The lowest BCUT2D eigenvalue weighted by atomic mass is 10.2. The maximum atomic E-state index is 13.1. The van der Waals surface area contributed by atoms with E-state index in [2.05, 4.69) is 32.6 Å². The van der Waals surface area contributed by atoms with Crippen LogP contribution in [-0.4, -0.2) is 23.8 Å². The van der Waals surface area contributed by atoms with Gasteiger partial charge in [-0.1, -0.05) is 12.7 Å². The highest BCUT2D eigenvalue weighted by molar-refractivity contribution is 9.10. The second-order valence-corrected chi connectivity index (χ2v) is 3.98. The Morgan fingerprint density at radius 1 is 1.56 bits per heavy atom. The molecule has 1 rings (SSSR count). The van der Waals surface area contributed by atoms with E-state index in [9.17, 15) is 14.0 Å². The van der Waals surface area contributed by atoms with Gasteiger partial charge in [0.15, 0.2) is 0 Å². The molecule has 0 aromatic heterocycles. The number of hydrogen-bond acceptors (Lipinski definition) is 3. The molecular weight excluding hydrogens is 309 g/mol. The maximum absolute atomic E-state index is 13.1. The molecule has 1 aromatic carbocycles. The van der Waals surface area contributed by atoms with Gasteiger partial charge in [-0.25, -0.2) is 14.0 Å². The molecular formula is C11H9BrFNO4. The lowest BCUT2D eigenvalue weighted by Gasteiger charge is -2.10. The third-order valence-corrected chi connectivity index (χ3v) is 2.46. The van der Waals surface area contributed by atoms with E-state index in [1.807, 2.05) is 0 Å². The first-order valence-electron chi connectivity index (χ1n) is 4.72. The Bertz CT molecular complexity index is 504. The predicted molar refractivity (Wildman–Crippen MR) is 66.2 cm³/mol. The van der Waals surface area contributed by atoms with Gasteiger partial charge >= 0.3 is 12.1 Å². The van der Waals surface area contributed by atoms with Crippen LogP contribution < -0.4 is 5.32 Å². The van der Waals surface area contributed by atoms with E-state index in [-0.39, 0.29) is 22.3 Å². The predicted octanol–water partition coefficient (Wildman–Crippen LogP) is 3.02. The largest absolute Gasteiger partial charge is 0.478 e. The van der Waals surface area contributed by atoms with Crippen molar-refractivity contribution in [2.24, 2.45) is 0 Å². The third-order valence-electron chi connectivity index (χ3n) is 1.84. The molecule has 0 saturated heterocycles. The van der Waals surface area contributed by atoms with E-state index in [4.69, 9.17) is 5.11 Å². The van der Waals surface area contributed by atoms with Crippen molar-refractivity contribution in [3.05, 3.63) is 40.6 Å². The van der Waals surface area contributed by atoms with Crippen LogP contribution in [0.2, 0.25) is 0 Å². The topological polar surface area (TPSA) is 75.6 Å². The Hall–Kier alpha value is -1.89. The van der Waals surface area contributed by atoms with Crippen molar-refractivity contribution < 1.29 is 23.8 Å². The van der Waals surface area contributed by atoms with Crippen molar-refractivity contribution in [3.8, 4) is 0 Å². The number of ether oxygens (including phenoxy) is 1. The smallest absolute Gasteiger partial charge is 0.411 e. The zero-order chi connectivity index (χ0) is 13.7. The minimum atomic E-state index is -1.30. The van der Waals surface area contributed by atoms with Gasteiger partial charge in [0, 0.05) is 4.47 Å². The number of carboxylic acid groups (broad SMARTS) is 1. The number of carbonyl (C=O) groups is 2. The van der Waals surface area contributed by atoms with Crippen LogP contribution >= 0.6 is 15.9 Å². The van der Waals surface area contributed by atoms with Gasteiger partial charge in [0.2, 0.25) is 0 Å². The van der Waals surface area contributed by atoms with Gasteiger partial charge in [-0.05, 0) is 28.1 Å². The fourth-order valence-electron chi connectivity index (χ4n) is 1.17. The molecule has 0 aliphatic carbocycles. The molecule has 0 aliphatic rings. The van der Waals surface area contributed by atoms with Crippen molar-refractivity contribution in [1.82, 2.24) is 0 Å². The van der Waals surface area contributed by atoms with Crippen LogP contribution in [0.15, 0.2) is 29.3 Å². The second kappa shape index (κ2) is 6.15. The number of carbonyl (C=O) groups excluding carboxylic acids is 1. The summed E-state index contributed by atoms with van der Waals surface area (Å²) in [5, 5.41) is 11.1. The minimum Gasteiger partial charge on any atom is -0.478 e. The summed E-state index contributed by atoms with van der Waals surface area (Å²) in [7, 11) is 0. The lowest BCUT2D eigenvalue weighted by molar-refractivity contribution is 0.0697. The van der Waals surface area contributed by atoms with E-state index in [1.165, 1.54) is 6.08 Å². The molecule has 1 aromatic rings. The number of benzene rings is 1. The van der Waals surface area contributed by atoms with E-state index >= 15 is 0 Å². The minimum absolute atomic E-state index is 0.0222. The van der Waals surface area contributed by atoms with Gasteiger partial charge in [-0.15, -0.1) is 0 Å². The quantitative estimate of drug-likeness (QED) is 0.837. The molecule has 5 nitrogen and oxygen atoms in total. The van der Waals surface area contributed by atoms with Gasteiger partial charge in [0.25, 0.3) is 0 Å². The van der Waals surface area contributed by atoms with Crippen LogP contribution in [0.1, 0.15) is 10.4 Å². The third kappa shape index (κ3) is 3.56. The fourth-order valence-corrected chi connectivity index (χ4v) is 1.77. The van der Waals surface area contributed by atoms with Crippen LogP contribution in [0, 0.1) is 5.82 Å². The van der Waals surface area contributed by atoms with Crippen molar-refractivity contribution in [1.29, 1.82) is 0 Å². The number of nitrogens with one attached hydrogen (secondary N) is 1. The molecule has 0 aliphatic heterocycles. The van der Waals surface area contributed by atoms with Crippen molar-refractivity contribution in [3.63, 3.8) is 0 Å². The van der Waals surface area contributed by atoms with Crippen molar-refractivity contribution >= 4 is 33.7 Å². The zero-order valence-corrected chi connectivity index (χ0v) is 10.7. The Balaban J connectivity index is 3.03. The summed E-state index contributed by atoms with van der Waals surface area (Å²) in [4.78, 5) is 22.2. The number of hydrogen-bond donors (Lipinski definition) is 2. The Morgan fingerprint density at radius 2 is 2.22 bits per heavy atom. The normalized spacial score (nSPS) is 9.67. The molecule has 18 heavy (non-hydrogen) atoms. The molecule has 7 heteroatoms. The first-order valence-corrected chi connectivity index (χ1v) is 5.52. The molecule has 2 N–H and O–H groups in total. The summed E-state index contributed by atoms with van der Waals surface area (Å²) < 4.78 is 17.8. The Morgan fingerprint density at radius 3 is 2.78 bits per heavy atom. The summed E-state index contributed by atoms with van der Waals surface area (Å²) in [6.45, 7) is 3.31. The maximum Gasteiger partial charge on any atom is 0.411 e. The summed E-state index contributed by atoms with van der Waals surface area (Å²) in [5.74, 6) is -1.99. The second-order valence-electron chi connectivity index (χ2n) is 3.13. The molecule has 96 valence electrons. The summed E-state index contributed by atoms with van der Waals surface area (Å²) in [5.41, 5.74) is -0.449.